The molecule has 2 heterocycles. The Morgan fingerprint density at radius 1 is 1.15 bits per heavy atom. The summed E-state index contributed by atoms with van der Waals surface area (Å²) in [5.74, 6) is 1.89. The molecule has 106 valence electrons. The molecule has 1 aliphatic heterocycles. The predicted molar refractivity (Wildman–Crippen MR) is 79.2 cm³/mol. The van der Waals surface area contributed by atoms with E-state index >= 15 is 0 Å². The highest BCUT2D eigenvalue weighted by Crippen LogP contribution is 2.22. The van der Waals surface area contributed by atoms with Crippen LogP contribution >= 0.6 is 0 Å². The Labute approximate surface area is 120 Å². The molecule has 0 bridgehead atoms. The summed E-state index contributed by atoms with van der Waals surface area (Å²) in [5.41, 5.74) is 1.47. The highest BCUT2D eigenvalue weighted by Gasteiger charge is 2.20. The maximum Gasteiger partial charge on any atom is 0.140 e. The van der Waals surface area contributed by atoms with Gasteiger partial charge in [0, 0.05) is 7.05 Å². The van der Waals surface area contributed by atoms with E-state index in [9.17, 15) is 0 Å². The van der Waals surface area contributed by atoms with Crippen LogP contribution in [0.3, 0.4) is 0 Å². The number of rotatable bonds is 4. The molecule has 1 aromatic heterocycles. The third-order valence-corrected chi connectivity index (χ3v) is 4.24. The van der Waals surface area contributed by atoms with Gasteiger partial charge in [-0.25, -0.2) is 4.98 Å². The second kappa shape index (κ2) is 6.18. The number of aryl methyl sites for hydroxylation is 1. The first-order valence-corrected chi connectivity index (χ1v) is 7.40. The van der Waals surface area contributed by atoms with Gasteiger partial charge in [0.05, 0.1) is 6.54 Å². The fraction of sp³-hybridized carbons (Fsp3) is 0.500. The first-order valence-electron chi connectivity index (χ1n) is 7.40. The van der Waals surface area contributed by atoms with Crippen LogP contribution in [0, 0.1) is 5.92 Å². The predicted octanol–water partition coefficient (Wildman–Crippen LogP) is 2.27. The third kappa shape index (κ3) is 3.25. The van der Waals surface area contributed by atoms with Crippen molar-refractivity contribution < 1.29 is 0 Å². The molecule has 4 nitrogen and oxygen atoms in total. The summed E-state index contributed by atoms with van der Waals surface area (Å²) in [5, 5.41) is 4.13. The molecule has 1 fully saturated rings. The van der Waals surface area contributed by atoms with Gasteiger partial charge in [0.2, 0.25) is 0 Å². The summed E-state index contributed by atoms with van der Waals surface area (Å²) >= 11 is 0. The van der Waals surface area contributed by atoms with Crippen LogP contribution in [-0.2, 0) is 20.0 Å². The average molecular weight is 270 g/mol. The lowest BCUT2D eigenvalue weighted by atomic mass is 9.90. The molecular weight excluding hydrogens is 248 g/mol. The molecular formula is C16H22N4. The summed E-state index contributed by atoms with van der Waals surface area (Å²) < 4.78 is 1.87. The molecule has 1 aliphatic rings. The molecule has 4 heteroatoms. The van der Waals surface area contributed by atoms with Crippen molar-refractivity contribution in [1.82, 2.24) is 19.7 Å². The normalized spacial score (nSPS) is 17.4. The van der Waals surface area contributed by atoms with Crippen molar-refractivity contribution in [2.45, 2.75) is 25.8 Å². The topological polar surface area (TPSA) is 34.0 Å². The first kappa shape index (κ1) is 13.3. The highest BCUT2D eigenvalue weighted by atomic mass is 15.3. The van der Waals surface area contributed by atoms with Gasteiger partial charge in [0.15, 0.2) is 0 Å². The molecule has 0 atom stereocenters. The molecule has 3 rings (SSSR count). The van der Waals surface area contributed by atoms with Crippen molar-refractivity contribution in [1.29, 1.82) is 0 Å². The largest absolute Gasteiger partial charge is 0.296 e. The maximum atomic E-state index is 4.31. The molecule has 1 aromatic carbocycles. The van der Waals surface area contributed by atoms with Crippen LogP contribution in [0.25, 0.3) is 0 Å². The monoisotopic (exact) mass is 270 g/mol. The maximum absolute atomic E-state index is 4.31. The van der Waals surface area contributed by atoms with Crippen molar-refractivity contribution in [2.75, 3.05) is 13.1 Å². The van der Waals surface area contributed by atoms with Crippen LogP contribution in [0.5, 0.6) is 0 Å². The van der Waals surface area contributed by atoms with E-state index in [0.29, 0.717) is 0 Å². The van der Waals surface area contributed by atoms with Gasteiger partial charge in [0.25, 0.3) is 0 Å². The number of nitrogens with zero attached hydrogens (tertiary/aromatic N) is 4. The standard InChI is InChI=1S/C16H22N4/c1-19-16(17-13-18-19)12-20-9-7-15(8-10-20)11-14-5-3-2-4-6-14/h2-6,13,15H,7-12H2,1H3. The molecule has 0 radical (unpaired) electrons. The molecule has 0 amide bonds. The Balaban J connectivity index is 1.49. The SMILES string of the molecule is Cn1ncnc1CN1CCC(Cc2ccccc2)CC1. The van der Waals surface area contributed by atoms with Crippen LogP contribution in [0.2, 0.25) is 0 Å². The molecule has 1 saturated heterocycles. The average Bonchev–Trinajstić information content (AvgIpc) is 2.88. The fourth-order valence-electron chi connectivity index (χ4n) is 2.96. The van der Waals surface area contributed by atoms with E-state index in [1.807, 2.05) is 11.7 Å². The summed E-state index contributed by atoms with van der Waals surface area (Å²) in [6, 6.07) is 10.8. The van der Waals surface area contributed by atoms with Gasteiger partial charge in [-0.15, -0.1) is 0 Å². The minimum atomic E-state index is 0.827. The molecule has 0 spiro atoms. The molecule has 2 aromatic rings. The van der Waals surface area contributed by atoms with Gasteiger partial charge >= 0.3 is 0 Å². The molecule has 0 aliphatic carbocycles. The number of aromatic nitrogens is 3. The molecule has 0 unspecified atom stereocenters. The molecule has 0 saturated carbocycles. The minimum absolute atomic E-state index is 0.827. The number of hydrogen-bond donors (Lipinski definition) is 0. The van der Waals surface area contributed by atoms with Gasteiger partial charge in [-0.05, 0) is 43.8 Å². The Bertz CT molecular complexity index is 526. The van der Waals surface area contributed by atoms with Gasteiger partial charge in [0.1, 0.15) is 12.2 Å². The van der Waals surface area contributed by atoms with E-state index in [-0.39, 0.29) is 0 Å². The Hall–Kier alpha value is -1.68. The fourth-order valence-corrected chi connectivity index (χ4v) is 2.96. The summed E-state index contributed by atoms with van der Waals surface area (Å²) in [7, 11) is 1.96. The molecule has 20 heavy (non-hydrogen) atoms. The van der Waals surface area contributed by atoms with Crippen molar-refractivity contribution in [3.63, 3.8) is 0 Å². The highest BCUT2D eigenvalue weighted by molar-refractivity contribution is 5.15. The zero-order valence-corrected chi connectivity index (χ0v) is 12.1. The van der Waals surface area contributed by atoms with Gasteiger partial charge in [-0.2, -0.15) is 5.10 Å². The first-order chi connectivity index (χ1) is 9.81. The van der Waals surface area contributed by atoms with E-state index in [0.717, 1.165) is 18.3 Å². The van der Waals surface area contributed by atoms with Crippen LogP contribution < -0.4 is 0 Å². The summed E-state index contributed by atoms with van der Waals surface area (Å²) in [6.07, 6.45) is 5.43. The summed E-state index contributed by atoms with van der Waals surface area (Å²) in [4.78, 5) is 6.80. The van der Waals surface area contributed by atoms with E-state index in [1.54, 1.807) is 6.33 Å². The van der Waals surface area contributed by atoms with Crippen LogP contribution in [-0.4, -0.2) is 32.8 Å². The summed E-state index contributed by atoms with van der Waals surface area (Å²) in [6.45, 7) is 3.27. The third-order valence-electron chi connectivity index (χ3n) is 4.24. The van der Waals surface area contributed by atoms with Crippen LogP contribution in [0.1, 0.15) is 24.2 Å². The Morgan fingerprint density at radius 3 is 2.55 bits per heavy atom. The van der Waals surface area contributed by atoms with E-state index in [1.165, 1.54) is 37.9 Å². The lowest BCUT2D eigenvalue weighted by molar-refractivity contribution is 0.171. The quantitative estimate of drug-likeness (QED) is 0.854. The second-order valence-corrected chi connectivity index (χ2v) is 5.71. The Kier molecular flexibility index (Phi) is 4.11. The minimum Gasteiger partial charge on any atom is -0.296 e. The van der Waals surface area contributed by atoms with Crippen molar-refractivity contribution >= 4 is 0 Å². The van der Waals surface area contributed by atoms with Crippen molar-refractivity contribution in [3.05, 3.63) is 48.0 Å². The van der Waals surface area contributed by atoms with Crippen LogP contribution in [0.15, 0.2) is 36.7 Å². The molecule has 0 N–H and O–H groups in total. The lowest BCUT2D eigenvalue weighted by Crippen LogP contribution is -2.34. The number of likely N-dealkylation sites (tertiary alicyclic amines) is 1. The number of hydrogen-bond acceptors (Lipinski definition) is 3. The van der Waals surface area contributed by atoms with E-state index < -0.39 is 0 Å². The van der Waals surface area contributed by atoms with E-state index in [4.69, 9.17) is 0 Å². The van der Waals surface area contributed by atoms with E-state index in [2.05, 4.69) is 45.3 Å². The number of piperidine rings is 1. The van der Waals surface area contributed by atoms with Gasteiger partial charge < -0.3 is 0 Å². The smallest absolute Gasteiger partial charge is 0.140 e. The zero-order valence-electron chi connectivity index (χ0n) is 12.1. The van der Waals surface area contributed by atoms with Crippen molar-refractivity contribution in [2.24, 2.45) is 13.0 Å². The second-order valence-electron chi connectivity index (χ2n) is 5.71. The van der Waals surface area contributed by atoms with Crippen molar-refractivity contribution in [3.8, 4) is 0 Å². The lowest BCUT2D eigenvalue weighted by Gasteiger charge is -2.31. The van der Waals surface area contributed by atoms with Gasteiger partial charge in [-0.3, -0.25) is 9.58 Å². The number of benzene rings is 1. The zero-order chi connectivity index (χ0) is 13.8. The van der Waals surface area contributed by atoms with Crippen LogP contribution in [0.4, 0.5) is 0 Å². The Morgan fingerprint density at radius 2 is 1.90 bits per heavy atom. The van der Waals surface area contributed by atoms with Gasteiger partial charge in [-0.1, -0.05) is 30.3 Å².